The van der Waals surface area contributed by atoms with Gasteiger partial charge in [0.2, 0.25) is 5.91 Å². The second-order valence-electron chi connectivity index (χ2n) is 6.45. The number of rotatable bonds is 7. The minimum atomic E-state index is -0.901. The number of hydrogen-bond donors (Lipinski definition) is 2. The number of carbonyl (C=O) groups excluding carboxylic acids is 3. The molecule has 0 spiro atoms. The molecule has 0 aromatic heterocycles. The smallest absolute Gasteiger partial charge is 0.308 e. The van der Waals surface area contributed by atoms with E-state index in [2.05, 4.69) is 15.5 Å². The summed E-state index contributed by atoms with van der Waals surface area (Å²) in [6.07, 6.45) is 2.84. The monoisotopic (exact) mass is 361 g/mol. The first kappa shape index (κ1) is 19.8. The molecule has 1 aromatic rings. The average molecular weight is 361 g/mol. The molecule has 2 amide bonds. The molecule has 1 heterocycles. The summed E-state index contributed by atoms with van der Waals surface area (Å²) in [5.41, 5.74) is 1.82. The topological polar surface area (TPSA) is 87.7 Å². The summed E-state index contributed by atoms with van der Waals surface area (Å²) in [4.78, 5) is 36.9. The number of nitrogens with zero attached hydrogens (tertiary/aromatic N) is 1. The Bertz CT molecular complexity index is 624. The van der Waals surface area contributed by atoms with Gasteiger partial charge in [0.1, 0.15) is 0 Å². The molecule has 142 valence electrons. The van der Waals surface area contributed by atoms with Crippen molar-refractivity contribution >= 4 is 29.2 Å². The molecule has 0 bridgehead atoms. The molecule has 1 aromatic carbocycles. The highest BCUT2D eigenvalue weighted by Gasteiger charge is 2.18. The van der Waals surface area contributed by atoms with Crippen molar-refractivity contribution in [2.75, 3.05) is 29.9 Å². The molecule has 0 unspecified atom stereocenters. The van der Waals surface area contributed by atoms with Crippen molar-refractivity contribution in [3.05, 3.63) is 24.3 Å². The van der Waals surface area contributed by atoms with Gasteiger partial charge < -0.3 is 20.3 Å². The van der Waals surface area contributed by atoms with Crippen molar-refractivity contribution in [3.63, 3.8) is 0 Å². The highest BCUT2D eigenvalue weighted by atomic mass is 16.5. The SMILES string of the molecule is CC(=O)NCCC(=O)O[C@@H](C)C(=O)Nc1ccc(N2CCCCC2)cc1. The van der Waals surface area contributed by atoms with Crippen LogP contribution in [0.3, 0.4) is 0 Å². The lowest BCUT2D eigenvalue weighted by Crippen LogP contribution is -2.31. The van der Waals surface area contributed by atoms with Gasteiger partial charge in [-0.2, -0.15) is 0 Å². The van der Waals surface area contributed by atoms with E-state index in [0.717, 1.165) is 18.8 Å². The molecule has 1 aliphatic heterocycles. The van der Waals surface area contributed by atoms with E-state index in [-0.39, 0.29) is 24.8 Å². The minimum absolute atomic E-state index is 0.0295. The fourth-order valence-corrected chi connectivity index (χ4v) is 2.80. The Balaban J connectivity index is 1.78. The molecule has 2 rings (SSSR count). The molecule has 7 nitrogen and oxygen atoms in total. The van der Waals surface area contributed by atoms with Crippen molar-refractivity contribution in [3.8, 4) is 0 Å². The third kappa shape index (κ3) is 6.38. The largest absolute Gasteiger partial charge is 0.452 e. The van der Waals surface area contributed by atoms with Gasteiger partial charge in [0, 0.05) is 37.9 Å². The Hall–Kier alpha value is -2.57. The van der Waals surface area contributed by atoms with E-state index in [0.29, 0.717) is 5.69 Å². The fraction of sp³-hybridized carbons (Fsp3) is 0.526. The van der Waals surface area contributed by atoms with Crippen LogP contribution in [0.15, 0.2) is 24.3 Å². The molecule has 7 heteroatoms. The molecule has 2 N–H and O–H groups in total. The Labute approximate surface area is 154 Å². The summed E-state index contributed by atoms with van der Waals surface area (Å²) in [5.74, 6) is -1.12. The van der Waals surface area contributed by atoms with E-state index in [1.807, 2.05) is 24.3 Å². The highest BCUT2D eigenvalue weighted by Crippen LogP contribution is 2.21. The van der Waals surface area contributed by atoms with Crippen LogP contribution in [-0.4, -0.2) is 43.5 Å². The van der Waals surface area contributed by atoms with Crippen LogP contribution in [0.1, 0.15) is 39.5 Å². The van der Waals surface area contributed by atoms with Gasteiger partial charge in [-0.05, 0) is 50.5 Å². The zero-order valence-corrected chi connectivity index (χ0v) is 15.4. The third-order valence-electron chi connectivity index (χ3n) is 4.24. The fourth-order valence-electron chi connectivity index (χ4n) is 2.80. The van der Waals surface area contributed by atoms with Crippen molar-refractivity contribution in [1.29, 1.82) is 0 Å². The van der Waals surface area contributed by atoms with E-state index in [1.165, 1.54) is 33.1 Å². The van der Waals surface area contributed by atoms with Crippen LogP contribution in [0.5, 0.6) is 0 Å². The maximum Gasteiger partial charge on any atom is 0.308 e. The number of hydrogen-bond acceptors (Lipinski definition) is 5. The van der Waals surface area contributed by atoms with Crippen LogP contribution < -0.4 is 15.5 Å². The molecule has 0 saturated carbocycles. The summed E-state index contributed by atoms with van der Waals surface area (Å²) in [7, 11) is 0. The number of esters is 1. The second-order valence-corrected chi connectivity index (χ2v) is 6.45. The van der Waals surface area contributed by atoms with Gasteiger partial charge in [0.25, 0.3) is 5.91 Å². The number of amides is 2. The second kappa shape index (κ2) is 9.79. The lowest BCUT2D eigenvalue weighted by atomic mass is 10.1. The van der Waals surface area contributed by atoms with Crippen LogP contribution in [0.25, 0.3) is 0 Å². The molecule has 0 aliphatic carbocycles. The third-order valence-corrected chi connectivity index (χ3v) is 4.24. The van der Waals surface area contributed by atoms with Crippen LogP contribution in [-0.2, 0) is 19.1 Å². The number of anilines is 2. The maximum atomic E-state index is 12.1. The lowest BCUT2D eigenvalue weighted by molar-refractivity contribution is -0.153. The van der Waals surface area contributed by atoms with E-state index in [4.69, 9.17) is 4.74 Å². The van der Waals surface area contributed by atoms with Gasteiger partial charge >= 0.3 is 5.97 Å². The van der Waals surface area contributed by atoms with Gasteiger partial charge in [-0.1, -0.05) is 0 Å². The predicted molar refractivity (Wildman–Crippen MR) is 100.0 cm³/mol. The summed E-state index contributed by atoms with van der Waals surface area (Å²) < 4.78 is 5.07. The summed E-state index contributed by atoms with van der Waals surface area (Å²) in [6, 6.07) is 7.69. The molecular formula is C19H27N3O4. The van der Waals surface area contributed by atoms with Crippen molar-refractivity contribution in [1.82, 2.24) is 5.32 Å². The van der Waals surface area contributed by atoms with Crippen LogP contribution in [0.2, 0.25) is 0 Å². The molecule has 1 atom stereocenters. The van der Waals surface area contributed by atoms with E-state index >= 15 is 0 Å². The zero-order chi connectivity index (χ0) is 18.9. The predicted octanol–water partition coefficient (Wildman–Crippen LogP) is 2.07. The minimum Gasteiger partial charge on any atom is -0.452 e. The molecule has 0 radical (unpaired) electrons. The Morgan fingerprint density at radius 3 is 2.38 bits per heavy atom. The lowest BCUT2D eigenvalue weighted by Gasteiger charge is -2.28. The van der Waals surface area contributed by atoms with Crippen molar-refractivity contribution < 1.29 is 19.1 Å². The van der Waals surface area contributed by atoms with Gasteiger partial charge in [-0.25, -0.2) is 0 Å². The molecular weight excluding hydrogens is 334 g/mol. The van der Waals surface area contributed by atoms with Crippen molar-refractivity contribution in [2.24, 2.45) is 0 Å². The first-order valence-electron chi connectivity index (χ1n) is 9.05. The summed E-state index contributed by atoms with van der Waals surface area (Å²) in [6.45, 7) is 5.22. The first-order chi connectivity index (χ1) is 12.5. The summed E-state index contributed by atoms with van der Waals surface area (Å²) in [5, 5.41) is 5.25. The van der Waals surface area contributed by atoms with Crippen LogP contribution in [0, 0.1) is 0 Å². The normalized spacial score (nSPS) is 15.1. The van der Waals surface area contributed by atoms with E-state index in [1.54, 1.807) is 0 Å². The van der Waals surface area contributed by atoms with Gasteiger partial charge in [0.05, 0.1) is 6.42 Å². The number of benzene rings is 1. The molecule has 26 heavy (non-hydrogen) atoms. The van der Waals surface area contributed by atoms with Gasteiger partial charge in [-0.15, -0.1) is 0 Å². The molecule has 1 fully saturated rings. The van der Waals surface area contributed by atoms with E-state index in [9.17, 15) is 14.4 Å². The number of ether oxygens (including phenoxy) is 1. The Morgan fingerprint density at radius 2 is 1.77 bits per heavy atom. The maximum absolute atomic E-state index is 12.1. The van der Waals surface area contributed by atoms with Crippen LogP contribution >= 0.6 is 0 Å². The molecule has 1 saturated heterocycles. The zero-order valence-electron chi connectivity index (χ0n) is 15.4. The highest BCUT2D eigenvalue weighted by molar-refractivity contribution is 5.95. The quantitative estimate of drug-likeness (QED) is 0.726. The number of nitrogens with one attached hydrogen (secondary N) is 2. The van der Waals surface area contributed by atoms with Gasteiger partial charge in [0.15, 0.2) is 6.10 Å². The molecule has 1 aliphatic rings. The van der Waals surface area contributed by atoms with Crippen LogP contribution in [0.4, 0.5) is 11.4 Å². The standard InChI is InChI=1S/C19H27N3O4/c1-14(26-18(24)10-11-20-15(2)23)19(25)21-16-6-8-17(9-7-16)22-12-4-3-5-13-22/h6-9,14H,3-5,10-13H2,1-2H3,(H,20,23)(H,21,25)/t14-/m0/s1. The summed E-state index contributed by atoms with van der Waals surface area (Å²) >= 11 is 0. The average Bonchev–Trinajstić information content (AvgIpc) is 2.62. The Kier molecular flexibility index (Phi) is 7.44. The van der Waals surface area contributed by atoms with Gasteiger partial charge in [-0.3, -0.25) is 14.4 Å². The number of carbonyl (C=O) groups is 3. The first-order valence-corrected chi connectivity index (χ1v) is 9.05. The number of piperidine rings is 1. The van der Waals surface area contributed by atoms with E-state index < -0.39 is 12.1 Å². The van der Waals surface area contributed by atoms with Crippen molar-refractivity contribution in [2.45, 2.75) is 45.6 Å². The Morgan fingerprint density at radius 1 is 1.12 bits per heavy atom.